The van der Waals surface area contributed by atoms with Crippen molar-refractivity contribution >= 4 is 46.2 Å². The van der Waals surface area contributed by atoms with Crippen LogP contribution < -0.4 is 36.0 Å². The van der Waals surface area contributed by atoms with Crippen LogP contribution in [0.25, 0.3) is 17.1 Å². The van der Waals surface area contributed by atoms with E-state index in [-0.39, 0.29) is 53.8 Å². The van der Waals surface area contributed by atoms with Crippen molar-refractivity contribution in [3.8, 4) is 23.0 Å². The maximum absolute atomic E-state index is 14.6. The molecule has 3 aliphatic rings. The summed E-state index contributed by atoms with van der Waals surface area (Å²) >= 11 is 6.10. The number of amides is 2. The highest BCUT2D eigenvalue weighted by Crippen LogP contribution is 2.58. The number of nitrogens with zero attached hydrogens (tertiary/aromatic N) is 6. The van der Waals surface area contributed by atoms with Crippen molar-refractivity contribution in [2.24, 2.45) is 24.3 Å². The van der Waals surface area contributed by atoms with Gasteiger partial charge >= 0.3 is 11.4 Å². The average Bonchev–Trinajstić information content (AvgIpc) is 3.58. The van der Waals surface area contributed by atoms with E-state index in [1.807, 2.05) is 0 Å². The number of hydrogen-bond acceptors (Lipinski definition) is 10. The predicted octanol–water partition coefficient (Wildman–Crippen LogP) is 4.24. The summed E-state index contributed by atoms with van der Waals surface area (Å²) in [7, 11) is 5.98. The van der Waals surface area contributed by atoms with Gasteiger partial charge in [0.25, 0.3) is 5.56 Å². The molecule has 0 bridgehead atoms. The van der Waals surface area contributed by atoms with Crippen molar-refractivity contribution in [2.75, 3.05) is 26.2 Å². The van der Waals surface area contributed by atoms with Gasteiger partial charge in [0.1, 0.15) is 11.5 Å². The Bertz CT molecular complexity index is 2820. The zero-order valence-corrected chi connectivity index (χ0v) is 32.8. The van der Waals surface area contributed by atoms with Crippen LogP contribution in [0.2, 0.25) is 5.02 Å². The van der Waals surface area contributed by atoms with Crippen LogP contribution in [0.15, 0.2) is 80.6 Å². The van der Waals surface area contributed by atoms with E-state index < -0.39 is 57.9 Å². The van der Waals surface area contributed by atoms with Gasteiger partial charge in [-0.15, -0.1) is 0 Å². The van der Waals surface area contributed by atoms with E-state index in [4.69, 9.17) is 25.8 Å². The fourth-order valence-corrected chi connectivity index (χ4v) is 8.86. The van der Waals surface area contributed by atoms with Crippen molar-refractivity contribution < 1.29 is 33.3 Å². The summed E-state index contributed by atoms with van der Waals surface area (Å²) in [5.74, 6) is -2.56. The molecular weight excluding hydrogens is 775 g/mol. The molecule has 0 spiro atoms. The van der Waals surface area contributed by atoms with Crippen LogP contribution in [-0.2, 0) is 36.1 Å². The Hall–Kier alpha value is -6.42. The SMILES string of the molecule is COc1cc(C=C[C@H]2C3=CCn4c(=O)n(CCc5nc6cc(OC)c(OC)cc6n(C)c5=O)c(=O)n4[C@@H]3C[C@H]3C(=O)N(c4ccc(F)c(Cl)c4)C(=O)[C@@]23C)ccc1O. The zero-order valence-electron chi connectivity index (χ0n) is 32.1. The molecule has 2 fully saturated rings. The lowest BCUT2D eigenvalue weighted by Crippen LogP contribution is -2.49. The van der Waals surface area contributed by atoms with E-state index in [2.05, 4.69) is 4.98 Å². The van der Waals surface area contributed by atoms with Gasteiger partial charge in [0.2, 0.25) is 11.8 Å². The molecule has 4 atom stereocenters. The Kier molecular flexibility index (Phi) is 9.41. The first-order valence-corrected chi connectivity index (χ1v) is 18.7. The molecule has 1 saturated heterocycles. The summed E-state index contributed by atoms with van der Waals surface area (Å²) in [6.07, 6.45) is 5.28. The van der Waals surface area contributed by atoms with Crippen molar-refractivity contribution in [3.05, 3.63) is 120 Å². The maximum atomic E-state index is 14.6. The van der Waals surface area contributed by atoms with Gasteiger partial charge in [-0.3, -0.25) is 14.4 Å². The highest BCUT2D eigenvalue weighted by molar-refractivity contribution is 6.31. The minimum Gasteiger partial charge on any atom is -0.504 e. The van der Waals surface area contributed by atoms with Gasteiger partial charge in [0.15, 0.2) is 23.0 Å². The Morgan fingerprint density at radius 3 is 2.40 bits per heavy atom. The number of imide groups is 1. The lowest BCUT2D eigenvalue weighted by molar-refractivity contribution is -0.129. The number of hydrogen-bond donors (Lipinski definition) is 1. The van der Waals surface area contributed by atoms with Crippen LogP contribution in [0.5, 0.6) is 23.0 Å². The summed E-state index contributed by atoms with van der Waals surface area (Å²) in [6, 6.07) is 10.8. The van der Waals surface area contributed by atoms with Crippen molar-refractivity contribution in [2.45, 2.75) is 38.9 Å². The van der Waals surface area contributed by atoms with E-state index in [1.54, 1.807) is 56.5 Å². The minimum absolute atomic E-state index is 0.00284. The molecule has 15 nitrogen and oxygen atoms in total. The van der Waals surface area contributed by atoms with Crippen LogP contribution >= 0.6 is 11.6 Å². The number of carbonyl (C=O) groups is 2. The summed E-state index contributed by atoms with van der Waals surface area (Å²) in [5, 5.41) is 9.93. The van der Waals surface area contributed by atoms with E-state index in [0.717, 1.165) is 15.5 Å². The number of fused-ring (bicyclic) bond motifs is 5. The number of phenols is 1. The van der Waals surface area contributed by atoms with E-state index in [9.17, 15) is 33.5 Å². The topological polar surface area (TPSA) is 169 Å². The summed E-state index contributed by atoms with van der Waals surface area (Å²) in [6.45, 7) is 1.52. The quantitative estimate of drug-likeness (QED) is 0.168. The van der Waals surface area contributed by atoms with Crippen LogP contribution in [0.4, 0.5) is 10.1 Å². The predicted molar refractivity (Wildman–Crippen MR) is 211 cm³/mol. The second-order valence-electron chi connectivity index (χ2n) is 14.6. The summed E-state index contributed by atoms with van der Waals surface area (Å²) in [5.41, 5.74) is -0.603. The highest BCUT2D eigenvalue weighted by atomic mass is 35.5. The first-order chi connectivity index (χ1) is 27.7. The highest BCUT2D eigenvalue weighted by Gasteiger charge is 2.64. The molecular formula is C41H38ClFN6O9. The van der Waals surface area contributed by atoms with Gasteiger partial charge in [-0.05, 0) is 54.8 Å². The smallest absolute Gasteiger partial charge is 0.347 e. The number of allylic oxidation sites excluding steroid dienone is 3. The number of anilines is 1. The molecule has 2 aliphatic heterocycles. The second-order valence-corrected chi connectivity index (χ2v) is 15.1. The number of methoxy groups -OCH3 is 3. The molecule has 17 heteroatoms. The molecule has 1 saturated carbocycles. The first-order valence-electron chi connectivity index (χ1n) is 18.4. The van der Waals surface area contributed by atoms with Crippen LogP contribution in [0, 0.1) is 23.1 Å². The molecule has 58 heavy (non-hydrogen) atoms. The normalized spacial score (nSPS) is 21.3. The number of halogens is 2. The maximum Gasteiger partial charge on any atom is 0.347 e. The molecule has 300 valence electrons. The Morgan fingerprint density at radius 1 is 0.966 bits per heavy atom. The standard InChI is InChI=1S/C41H38ClFN6O9/c1-41-24(9-6-21-7-11-32(50)33(16-21)56-3)23-12-15-47-39(54)46(14-13-28-37(52)45(2)31-20-35(58-5)34(57-4)19-29(31)44-28)40(55)49(47)30(23)18-25(41)36(51)48(38(41)53)22-8-10-27(43)26(42)17-22/h6-12,16-17,19-20,24-25,30,50H,13-15,18H2,1-5H3/t24-,25-,30+,41-/m0/s1. The molecule has 4 heterocycles. The third-order valence-corrected chi connectivity index (χ3v) is 12.0. The number of ether oxygens (including phenoxy) is 3. The van der Waals surface area contributed by atoms with E-state index in [1.165, 1.54) is 53.5 Å². The van der Waals surface area contributed by atoms with Gasteiger partial charge in [0.05, 0.1) is 67.0 Å². The summed E-state index contributed by atoms with van der Waals surface area (Å²) < 4.78 is 35.4. The number of aromatic hydroxyl groups is 1. The number of carbonyl (C=O) groups excluding carboxylic acids is 2. The molecule has 8 rings (SSSR count). The van der Waals surface area contributed by atoms with Crippen LogP contribution in [0.3, 0.4) is 0 Å². The molecule has 2 amide bonds. The fourth-order valence-electron chi connectivity index (χ4n) is 8.68. The van der Waals surface area contributed by atoms with Crippen LogP contribution in [-0.4, -0.2) is 61.7 Å². The Morgan fingerprint density at radius 2 is 1.69 bits per heavy atom. The fraction of sp³-hybridized carbons (Fsp3) is 0.317. The van der Waals surface area contributed by atoms with Gasteiger partial charge in [-0.25, -0.2) is 37.8 Å². The number of rotatable bonds is 9. The summed E-state index contributed by atoms with van der Waals surface area (Å²) in [4.78, 5) is 76.3. The monoisotopic (exact) mass is 812 g/mol. The molecule has 0 unspecified atom stereocenters. The third-order valence-electron chi connectivity index (χ3n) is 11.8. The molecule has 1 aliphatic carbocycles. The number of benzene rings is 3. The van der Waals surface area contributed by atoms with Gasteiger partial charge in [-0.1, -0.05) is 35.9 Å². The van der Waals surface area contributed by atoms with Gasteiger partial charge < -0.3 is 23.9 Å². The molecule has 2 aromatic heterocycles. The van der Waals surface area contributed by atoms with Crippen LogP contribution in [0.1, 0.15) is 30.6 Å². The van der Waals surface area contributed by atoms with E-state index >= 15 is 0 Å². The zero-order chi connectivity index (χ0) is 41.4. The van der Waals surface area contributed by atoms with Crippen molar-refractivity contribution in [1.82, 2.24) is 23.5 Å². The molecule has 3 aromatic carbocycles. The number of aromatic nitrogens is 5. The Labute approximate surface area is 334 Å². The molecule has 1 N–H and O–H groups in total. The van der Waals surface area contributed by atoms with Crippen molar-refractivity contribution in [3.63, 3.8) is 0 Å². The van der Waals surface area contributed by atoms with Gasteiger partial charge in [0, 0.05) is 38.1 Å². The third kappa shape index (κ3) is 5.76. The Balaban J connectivity index is 1.19. The van der Waals surface area contributed by atoms with Crippen molar-refractivity contribution in [1.29, 1.82) is 0 Å². The average molecular weight is 813 g/mol. The van der Waals surface area contributed by atoms with Gasteiger partial charge in [-0.2, -0.15) is 0 Å². The minimum atomic E-state index is -1.37. The lowest BCUT2D eigenvalue weighted by atomic mass is 9.58. The number of aryl methyl sites for hydroxylation is 2. The largest absolute Gasteiger partial charge is 0.504 e. The second kappa shape index (κ2) is 14.2. The molecule has 0 radical (unpaired) electrons. The lowest BCUT2D eigenvalue weighted by Gasteiger charge is -2.45. The first kappa shape index (κ1) is 38.5. The van der Waals surface area contributed by atoms with E-state index in [0.29, 0.717) is 33.7 Å². The molecule has 5 aromatic rings. The number of phenolic OH excluding ortho intramolecular Hbond substituents is 1.